The van der Waals surface area contributed by atoms with Gasteiger partial charge in [0.1, 0.15) is 11.5 Å². The van der Waals surface area contributed by atoms with Crippen LogP contribution in [0.1, 0.15) is 18.1 Å². The number of carbonyl (C=O) groups is 1. The Morgan fingerprint density at radius 1 is 1.04 bits per heavy atom. The summed E-state index contributed by atoms with van der Waals surface area (Å²) >= 11 is 15.7. The predicted octanol–water partition coefficient (Wildman–Crippen LogP) is 7.29. The van der Waals surface area contributed by atoms with Crippen LogP contribution in [0.2, 0.25) is 10.0 Å². The van der Waals surface area contributed by atoms with Crippen molar-refractivity contribution < 1.29 is 9.53 Å². The minimum Gasteiger partial charge on any atom is -0.456 e. The average Bonchev–Trinajstić information content (AvgIpc) is 2.67. The number of nitrogens with one attached hydrogen (secondary N) is 1. The summed E-state index contributed by atoms with van der Waals surface area (Å²) in [6.45, 7) is 2.05. The van der Waals surface area contributed by atoms with Crippen LogP contribution in [0.3, 0.4) is 0 Å². The molecule has 0 saturated carbocycles. The Morgan fingerprint density at radius 3 is 2.57 bits per heavy atom. The summed E-state index contributed by atoms with van der Waals surface area (Å²) in [7, 11) is 0. The van der Waals surface area contributed by atoms with Crippen molar-refractivity contribution in [3.05, 3.63) is 86.3 Å². The topological polar surface area (TPSA) is 38.3 Å². The summed E-state index contributed by atoms with van der Waals surface area (Å²) in [5, 5.41) is 3.93. The molecule has 0 unspecified atom stereocenters. The van der Waals surface area contributed by atoms with E-state index in [-0.39, 0.29) is 12.3 Å². The number of hydrogen-bond donors (Lipinski definition) is 1. The maximum atomic E-state index is 12.4. The molecule has 0 heterocycles. The maximum absolute atomic E-state index is 12.4. The molecule has 28 heavy (non-hydrogen) atoms. The van der Waals surface area contributed by atoms with Crippen molar-refractivity contribution in [3.63, 3.8) is 0 Å². The third-order valence-corrected chi connectivity index (χ3v) is 5.36. The fraction of sp³-hybridized carbons (Fsp3) is 0.136. The summed E-state index contributed by atoms with van der Waals surface area (Å²) in [6, 6.07) is 18.3. The molecular formula is C22H18BrCl2NO2. The van der Waals surface area contributed by atoms with E-state index in [1.165, 1.54) is 0 Å². The zero-order chi connectivity index (χ0) is 20.1. The number of anilines is 1. The Hall–Kier alpha value is -2.01. The lowest BCUT2D eigenvalue weighted by atomic mass is 10.1. The Labute approximate surface area is 182 Å². The first-order valence-electron chi connectivity index (χ1n) is 8.75. The van der Waals surface area contributed by atoms with E-state index >= 15 is 0 Å². The second kappa shape index (κ2) is 9.46. The van der Waals surface area contributed by atoms with Crippen molar-refractivity contribution in [1.82, 2.24) is 0 Å². The maximum Gasteiger partial charge on any atom is 0.228 e. The molecule has 0 aliphatic heterocycles. The molecule has 0 fully saturated rings. The first-order valence-corrected chi connectivity index (χ1v) is 10.3. The van der Waals surface area contributed by atoms with Crippen molar-refractivity contribution in [2.75, 3.05) is 5.32 Å². The minimum atomic E-state index is -0.146. The highest BCUT2D eigenvalue weighted by atomic mass is 79.9. The Balaban J connectivity index is 1.79. The second-order valence-corrected chi connectivity index (χ2v) is 7.88. The molecule has 3 nitrogen and oxygen atoms in total. The molecule has 1 amide bonds. The van der Waals surface area contributed by atoms with Gasteiger partial charge < -0.3 is 10.1 Å². The molecule has 0 aromatic heterocycles. The van der Waals surface area contributed by atoms with Gasteiger partial charge in [0, 0.05) is 11.1 Å². The van der Waals surface area contributed by atoms with E-state index in [1.54, 1.807) is 24.3 Å². The lowest BCUT2D eigenvalue weighted by Gasteiger charge is -2.14. The van der Waals surface area contributed by atoms with Crippen LogP contribution in [-0.2, 0) is 17.6 Å². The fourth-order valence-corrected chi connectivity index (χ4v) is 3.38. The summed E-state index contributed by atoms with van der Waals surface area (Å²) in [5.41, 5.74) is 2.48. The smallest absolute Gasteiger partial charge is 0.228 e. The van der Waals surface area contributed by atoms with Crippen LogP contribution in [0.15, 0.2) is 65.1 Å². The largest absolute Gasteiger partial charge is 0.456 e. The van der Waals surface area contributed by atoms with Crippen molar-refractivity contribution in [3.8, 4) is 11.5 Å². The molecular weight excluding hydrogens is 461 g/mol. The van der Waals surface area contributed by atoms with Crippen molar-refractivity contribution >= 4 is 50.7 Å². The van der Waals surface area contributed by atoms with E-state index in [0.29, 0.717) is 27.2 Å². The van der Waals surface area contributed by atoms with Gasteiger partial charge in [-0.3, -0.25) is 4.79 Å². The number of para-hydroxylation sites is 1. The normalized spacial score (nSPS) is 10.6. The number of amides is 1. The summed E-state index contributed by atoms with van der Waals surface area (Å²) < 4.78 is 6.89. The first kappa shape index (κ1) is 20.7. The van der Waals surface area contributed by atoms with Crippen LogP contribution in [0, 0.1) is 0 Å². The summed E-state index contributed by atoms with van der Waals surface area (Å²) in [4.78, 5) is 12.4. The zero-order valence-electron chi connectivity index (χ0n) is 15.1. The van der Waals surface area contributed by atoms with Crippen molar-refractivity contribution in [2.24, 2.45) is 0 Å². The lowest BCUT2D eigenvalue weighted by molar-refractivity contribution is -0.115. The van der Waals surface area contributed by atoms with Crippen molar-refractivity contribution in [1.29, 1.82) is 0 Å². The second-order valence-electron chi connectivity index (χ2n) is 6.18. The highest BCUT2D eigenvalue weighted by Crippen LogP contribution is 2.34. The molecule has 0 radical (unpaired) electrons. The Morgan fingerprint density at radius 2 is 1.82 bits per heavy atom. The monoisotopic (exact) mass is 477 g/mol. The predicted molar refractivity (Wildman–Crippen MR) is 119 cm³/mol. The molecule has 0 atom stereocenters. The van der Waals surface area contributed by atoms with Gasteiger partial charge in [0.05, 0.1) is 21.6 Å². The molecule has 0 aliphatic carbocycles. The van der Waals surface area contributed by atoms with Crippen LogP contribution in [0.4, 0.5) is 5.69 Å². The van der Waals surface area contributed by atoms with E-state index < -0.39 is 0 Å². The Kier molecular flexibility index (Phi) is 7.00. The molecule has 0 bridgehead atoms. The molecule has 6 heteroatoms. The van der Waals surface area contributed by atoms with Gasteiger partial charge in [-0.25, -0.2) is 0 Å². The number of hydrogen-bond acceptors (Lipinski definition) is 2. The van der Waals surface area contributed by atoms with Gasteiger partial charge in [-0.1, -0.05) is 54.4 Å². The van der Waals surface area contributed by atoms with E-state index in [0.717, 1.165) is 22.0 Å². The van der Waals surface area contributed by atoms with Crippen LogP contribution in [0.25, 0.3) is 0 Å². The first-order chi connectivity index (χ1) is 13.5. The van der Waals surface area contributed by atoms with E-state index in [9.17, 15) is 4.79 Å². The third-order valence-electron chi connectivity index (χ3n) is 4.14. The number of halogens is 3. The van der Waals surface area contributed by atoms with Crippen molar-refractivity contribution in [2.45, 2.75) is 19.8 Å². The van der Waals surface area contributed by atoms with Crippen LogP contribution in [0.5, 0.6) is 11.5 Å². The molecule has 1 N–H and O–H groups in total. The SMILES string of the molecule is CCc1ccc(CC(=O)Nc2ccccc2Cl)cc1Oc1cc(Cl)ccc1Br. The van der Waals surface area contributed by atoms with Gasteiger partial charge in [0.15, 0.2) is 0 Å². The van der Waals surface area contributed by atoms with Gasteiger partial charge in [0.2, 0.25) is 5.91 Å². The summed E-state index contributed by atoms with van der Waals surface area (Å²) in [5.74, 6) is 1.18. The molecule has 3 aromatic rings. The van der Waals surface area contributed by atoms with Crippen LogP contribution in [-0.4, -0.2) is 5.91 Å². The van der Waals surface area contributed by atoms with E-state index in [1.807, 2.05) is 36.4 Å². The number of carbonyl (C=O) groups excluding carboxylic acids is 1. The van der Waals surface area contributed by atoms with Gasteiger partial charge in [0.25, 0.3) is 0 Å². The zero-order valence-corrected chi connectivity index (χ0v) is 18.2. The fourth-order valence-electron chi connectivity index (χ4n) is 2.71. The van der Waals surface area contributed by atoms with Gasteiger partial charge >= 0.3 is 0 Å². The average molecular weight is 479 g/mol. The standard InChI is InChI=1S/C22H18BrCl2NO2/c1-2-15-8-7-14(12-22(27)26-19-6-4-3-5-18(19)25)11-20(15)28-21-13-16(24)9-10-17(21)23/h3-11,13H,2,12H2,1H3,(H,26,27). The number of rotatable bonds is 6. The quantitative estimate of drug-likeness (QED) is 0.403. The molecule has 3 aromatic carbocycles. The van der Waals surface area contributed by atoms with Crippen LogP contribution < -0.4 is 10.1 Å². The number of benzene rings is 3. The highest BCUT2D eigenvalue weighted by Gasteiger charge is 2.12. The highest BCUT2D eigenvalue weighted by molar-refractivity contribution is 9.10. The number of aryl methyl sites for hydroxylation is 1. The Bertz CT molecular complexity index is 1010. The van der Waals surface area contributed by atoms with Gasteiger partial charge in [-0.05, 0) is 63.8 Å². The van der Waals surface area contributed by atoms with E-state index in [2.05, 4.69) is 28.2 Å². The molecule has 144 valence electrons. The summed E-state index contributed by atoms with van der Waals surface area (Å²) in [6.07, 6.45) is 1.02. The molecule has 0 aliphatic rings. The van der Waals surface area contributed by atoms with Gasteiger partial charge in [-0.2, -0.15) is 0 Å². The number of ether oxygens (including phenoxy) is 1. The lowest BCUT2D eigenvalue weighted by Crippen LogP contribution is -2.14. The molecule has 0 spiro atoms. The van der Waals surface area contributed by atoms with E-state index in [4.69, 9.17) is 27.9 Å². The minimum absolute atomic E-state index is 0.146. The van der Waals surface area contributed by atoms with Crippen LogP contribution >= 0.6 is 39.1 Å². The van der Waals surface area contributed by atoms with Gasteiger partial charge in [-0.15, -0.1) is 0 Å². The third kappa shape index (κ3) is 5.28. The molecule has 0 saturated heterocycles. The molecule has 3 rings (SSSR count).